The number of aliphatic carboxylic acids is 1. The van der Waals surface area contributed by atoms with E-state index < -0.39 is 19.6 Å². The van der Waals surface area contributed by atoms with Gasteiger partial charge in [-0.1, -0.05) is 25.7 Å². The second kappa shape index (κ2) is 6.17. The van der Waals surface area contributed by atoms with E-state index in [4.69, 9.17) is 14.2 Å². The Hall–Kier alpha value is -1.69. The van der Waals surface area contributed by atoms with E-state index in [-0.39, 0.29) is 0 Å². The predicted molar refractivity (Wildman–Crippen MR) is 79.8 cm³/mol. The molecule has 0 fully saturated rings. The fraction of sp³-hybridized carbons (Fsp3) is 0.500. The molecule has 5 nitrogen and oxygen atoms in total. The van der Waals surface area contributed by atoms with Crippen molar-refractivity contribution in [1.29, 1.82) is 0 Å². The SMILES string of the molecule is COc1ccc(C(C(=O)O)[Si](C)(C)C)c(OC)c1OC. The second-order valence-electron chi connectivity index (χ2n) is 5.56. The van der Waals surface area contributed by atoms with Crippen molar-refractivity contribution in [2.75, 3.05) is 21.3 Å². The molecule has 0 aliphatic carbocycles. The van der Waals surface area contributed by atoms with Crippen molar-refractivity contribution in [1.82, 2.24) is 0 Å². The van der Waals surface area contributed by atoms with E-state index in [0.717, 1.165) is 0 Å². The summed E-state index contributed by atoms with van der Waals surface area (Å²) in [7, 11) is 2.57. The molecule has 6 heteroatoms. The minimum atomic E-state index is -1.98. The van der Waals surface area contributed by atoms with Crippen LogP contribution in [0.15, 0.2) is 12.1 Å². The monoisotopic (exact) mass is 298 g/mol. The molecular weight excluding hydrogens is 276 g/mol. The Kier molecular flexibility index (Phi) is 5.05. The van der Waals surface area contributed by atoms with Crippen LogP contribution in [0, 0.1) is 0 Å². The van der Waals surface area contributed by atoms with Crippen molar-refractivity contribution in [3.63, 3.8) is 0 Å². The van der Waals surface area contributed by atoms with Gasteiger partial charge in [-0.05, 0) is 6.07 Å². The summed E-state index contributed by atoms with van der Waals surface area (Å²) in [5.41, 5.74) is 0.0640. The Balaban J connectivity index is 3.55. The number of rotatable bonds is 6. The Morgan fingerprint density at radius 1 is 1.05 bits per heavy atom. The average molecular weight is 298 g/mol. The topological polar surface area (TPSA) is 65.0 Å². The molecule has 20 heavy (non-hydrogen) atoms. The highest BCUT2D eigenvalue weighted by Gasteiger charge is 2.37. The molecule has 1 aromatic rings. The average Bonchev–Trinajstić information content (AvgIpc) is 2.35. The van der Waals surface area contributed by atoms with E-state index in [9.17, 15) is 9.90 Å². The maximum Gasteiger partial charge on any atom is 0.308 e. The quantitative estimate of drug-likeness (QED) is 0.818. The largest absolute Gasteiger partial charge is 0.493 e. The predicted octanol–water partition coefficient (Wildman–Crippen LogP) is 2.76. The number of carboxylic acid groups (broad SMARTS) is 1. The molecule has 0 bridgehead atoms. The van der Waals surface area contributed by atoms with Crippen LogP contribution < -0.4 is 14.2 Å². The van der Waals surface area contributed by atoms with Crippen LogP contribution in [0.4, 0.5) is 0 Å². The molecule has 1 aromatic carbocycles. The van der Waals surface area contributed by atoms with Gasteiger partial charge in [-0.15, -0.1) is 0 Å². The van der Waals surface area contributed by atoms with Crippen LogP contribution in [0.25, 0.3) is 0 Å². The number of benzene rings is 1. The lowest BCUT2D eigenvalue weighted by molar-refractivity contribution is -0.137. The molecule has 0 amide bonds. The third kappa shape index (κ3) is 3.06. The van der Waals surface area contributed by atoms with Crippen LogP contribution in [0.3, 0.4) is 0 Å². The molecular formula is C14H22O5Si. The van der Waals surface area contributed by atoms with Crippen molar-refractivity contribution in [2.24, 2.45) is 0 Å². The van der Waals surface area contributed by atoms with Gasteiger partial charge in [-0.25, -0.2) is 0 Å². The van der Waals surface area contributed by atoms with Crippen molar-refractivity contribution >= 4 is 14.0 Å². The summed E-state index contributed by atoms with van der Waals surface area (Å²) in [5.74, 6) is 0.543. The third-order valence-corrected chi connectivity index (χ3v) is 5.45. The minimum absolute atomic E-state index is 0.428. The first-order chi connectivity index (χ1) is 9.27. The Morgan fingerprint density at radius 2 is 1.60 bits per heavy atom. The minimum Gasteiger partial charge on any atom is -0.493 e. The van der Waals surface area contributed by atoms with Gasteiger partial charge in [-0.3, -0.25) is 4.79 Å². The maximum atomic E-state index is 11.7. The highest BCUT2D eigenvalue weighted by atomic mass is 28.3. The van der Waals surface area contributed by atoms with Gasteiger partial charge in [-0.2, -0.15) is 0 Å². The van der Waals surface area contributed by atoms with Gasteiger partial charge in [0.1, 0.15) is 0 Å². The first kappa shape index (κ1) is 16.4. The number of hydrogen-bond donors (Lipinski definition) is 1. The van der Waals surface area contributed by atoms with E-state index in [1.54, 1.807) is 12.1 Å². The van der Waals surface area contributed by atoms with Crippen molar-refractivity contribution in [3.05, 3.63) is 17.7 Å². The zero-order valence-corrected chi connectivity index (χ0v) is 13.8. The molecule has 0 saturated carbocycles. The molecule has 0 aliphatic heterocycles. The molecule has 1 rings (SSSR count). The van der Waals surface area contributed by atoms with E-state index in [1.807, 2.05) is 19.6 Å². The van der Waals surface area contributed by atoms with Gasteiger partial charge in [0.05, 0.1) is 34.9 Å². The van der Waals surface area contributed by atoms with E-state index in [0.29, 0.717) is 22.8 Å². The molecule has 1 N–H and O–H groups in total. The zero-order valence-electron chi connectivity index (χ0n) is 12.8. The Labute approximate surface area is 120 Å². The molecule has 0 radical (unpaired) electrons. The van der Waals surface area contributed by atoms with Crippen molar-refractivity contribution in [2.45, 2.75) is 25.2 Å². The first-order valence-electron chi connectivity index (χ1n) is 6.29. The van der Waals surface area contributed by atoms with E-state index in [1.165, 1.54) is 21.3 Å². The summed E-state index contributed by atoms with van der Waals surface area (Å²) in [4.78, 5) is 11.7. The fourth-order valence-corrected chi connectivity index (χ4v) is 4.22. The molecule has 0 spiro atoms. The Bertz CT molecular complexity index is 493. The molecule has 0 aliphatic rings. The smallest absolute Gasteiger partial charge is 0.308 e. The fourth-order valence-electron chi connectivity index (χ4n) is 2.32. The maximum absolute atomic E-state index is 11.7. The van der Waals surface area contributed by atoms with Gasteiger partial charge < -0.3 is 19.3 Å². The molecule has 0 saturated heterocycles. The highest BCUT2D eigenvalue weighted by Crippen LogP contribution is 2.44. The van der Waals surface area contributed by atoms with Crippen LogP contribution >= 0.6 is 0 Å². The summed E-state index contributed by atoms with van der Waals surface area (Å²) in [6, 6.07) is 3.46. The lowest BCUT2D eigenvalue weighted by Gasteiger charge is -2.27. The summed E-state index contributed by atoms with van der Waals surface area (Å²) in [6.07, 6.45) is 0. The Morgan fingerprint density at radius 3 is 1.95 bits per heavy atom. The third-order valence-electron chi connectivity index (χ3n) is 3.16. The lowest BCUT2D eigenvalue weighted by Crippen LogP contribution is -2.36. The standard InChI is InChI=1S/C14H22O5Si/c1-17-10-8-7-9(11(18-2)12(10)19-3)13(14(15)16)20(4,5)6/h7-8,13H,1-6H3,(H,15,16). The van der Waals surface area contributed by atoms with Crippen LogP contribution in [0.2, 0.25) is 19.6 Å². The number of methoxy groups -OCH3 is 3. The van der Waals surface area contributed by atoms with E-state index in [2.05, 4.69) is 0 Å². The molecule has 0 heterocycles. The van der Waals surface area contributed by atoms with Gasteiger partial charge in [0.25, 0.3) is 0 Å². The van der Waals surface area contributed by atoms with Gasteiger partial charge in [0.15, 0.2) is 11.5 Å². The van der Waals surface area contributed by atoms with E-state index >= 15 is 0 Å². The molecule has 1 unspecified atom stereocenters. The van der Waals surface area contributed by atoms with Crippen LogP contribution in [-0.4, -0.2) is 40.5 Å². The normalized spacial score (nSPS) is 12.7. The molecule has 1 atom stereocenters. The first-order valence-corrected chi connectivity index (χ1v) is 9.87. The second-order valence-corrected chi connectivity index (χ2v) is 10.9. The number of carbonyl (C=O) groups is 1. The number of hydrogen-bond acceptors (Lipinski definition) is 4. The summed E-state index contributed by atoms with van der Waals surface area (Å²) in [5, 5.41) is 9.58. The molecule has 0 aromatic heterocycles. The number of ether oxygens (including phenoxy) is 3. The zero-order chi connectivity index (χ0) is 15.5. The van der Waals surface area contributed by atoms with Gasteiger partial charge in [0, 0.05) is 5.56 Å². The highest BCUT2D eigenvalue weighted by molar-refractivity contribution is 6.80. The lowest BCUT2D eigenvalue weighted by atomic mass is 10.1. The van der Waals surface area contributed by atoms with Crippen molar-refractivity contribution < 1.29 is 24.1 Å². The number of carboxylic acids is 1. The van der Waals surface area contributed by atoms with Crippen LogP contribution in [0.5, 0.6) is 17.2 Å². The van der Waals surface area contributed by atoms with Crippen LogP contribution in [-0.2, 0) is 4.79 Å². The van der Waals surface area contributed by atoms with Gasteiger partial charge in [0.2, 0.25) is 5.75 Å². The van der Waals surface area contributed by atoms with Gasteiger partial charge >= 0.3 is 5.97 Å². The molecule has 112 valence electrons. The van der Waals surface area contributed by atoms with Crippen molar-refractivity contribution in [3.8, 4) is 17.2 Å². The summed E-state index contributed by atoms with van der Waals surface area (Å²) in [6.45, 7) is 6.05. The summed E-state index contributed by atoms with van der Waals surface area (Å²) >= 11 is 0. The van der Waals surface area contributed by atoms with Crippen LogP contribution in [0.1, 0.15) is 11.1 Å². The summed E-state index contributed by atoms with van der Waals surface area (Å²) < 4.78 is 15.9.